The Labute approximate surface area is 205 Å². The summed E-state index contributed by atoms with van der Waals surface area (Å²) in [6.07, 6.45) is 1.56. The van der Waals surface area contributed by atoms with Gasteiger partial charge in [-0.05, 0) is 56.5 Å². The average molecular weight is 487 g/mol. The number of nitrogens with one attached hydrogen (secondary N) is 2. The van der Waals surface area contributed by atoms with Crippen LogP contribution in [0.5, 0.6) is 0 Å². The van der Waals surface area contributed by atoms with Gasteiger partial charge in [-0.25, -0.2) is 9.59 Å². The molecule has 5 aromatic rings. The van der Waals surface area contributed by atoms with Gasteiger partial charge in [0, 0.05) is 39.9 Å². The minimum absolute atomic E-state index is 0.104. The third-order valence-corrected chi connectivity index (χ3v) is 7.01. The zero-order chi connectivity index (χ0) is 25.7. The van der Waals surface area contributed by atoms with E-state index < -0.39 is 23.5 Å². The lowest BCUT2D eigenvalue weighted by Crippen LogP contribution is -2.43. The fourth-order valence-corrected chi connectivity index (χ4v) is 4.82. The Kier molecular flexibility index (Phi) is 5.67. The van der Waals surface area contributed by atoms with Gasteiger partial charge >= 0.3 is 11.6 Å². The van der Waals surface area contributed by atoms with E-state index in [4.69, 9.17) is 8.83 Å². The molecule has 8 nitrogen and oxygen atoms in total. The van der Waals surface area contributed by atoms with Crippen molar-refractivity contribution >= 4 is 44.7 Å². The van der Waals surface area contributed by atoms with Crippen molar-refractivity contribution in [3.8, 4) is 0 Å². The number of aromatic nitrogens is 1. The van der Waals surface area contributed by atoms with Crippen molar-refractivity contribution in [2.45, 2.75) is 46.6 Å². The van der Waals surface area contributed by atoms with Crippen molar-refractivity contribution in [1.82, 2.24) is 10.3 Å². The summed E-state index contributed by atoms with van der Waals surface area (Å²) in [4.78, 5) is 40.8. The predicted octanol–water partition coefficient (Wildman–Crippen LogP) is 4.61. The van der Waals surface area contributed by atoms with E-state index in [1.165, 1.54) is 0 Å². The number of furan rings is 1. The number of hydrogen-bond acceptors (Lipinski definition) is 5. The number of carboxylic acids is 1. The number of carbonyl (C=O) groups is 2. The van der Waals surface area contributed by atoms with Gasteiger partial charge in [0.2, 0.25) is 5.91 Å². The van der Waals surface area contributed by atoms with Gasteiger partial charge in [0.25, 0.3) is 0 Å². The fourth-order valence-electron chi connectivity index (χ4n) is 4.82. The van der Waals surface area contributed by atoms with Gasteiger partial charge in [0.1, 0.15) is 23.0 Å². The maximum Gasteiger partial charge on any atom is 0.340 e. The number of benzene rings is 2. The molecule has 0 fully saturated rings. The molecule has 0 unspecified atom stereocenters. The van der Waals surface area contributed by atoms with E-state index >= 15 is 0 Å². The number of aromatic amines is 1. The molecule has 3 aromatic heterocycles. The first kappa shape index (κ1) is 23.4. The van der Waals surface area contributed by atoms with Crippen molar-refractivity contribution in [1.29, 1.82) is 0 Å². The van der Waals surface area contributed by atoms with Gasteiger partial charge in [-0.2, -0.15) is 0 Å². The highest BCUT2D eigenvalue weighted by Crippen LogP contribution is 2.34. The second kappa shape index (κ2) is 8.71. The Hall–Kier alpha value is -4.33. The minimum atomic E-state index is -1.15. The molecular formula is C28H26N2O6. The number of rotatable bonds is 6. The number of amides is 1. The van der Waals surface area contributed by atoms with E-state index in [1.807, 2.05) is 51.1 Å². The summed E-state index contributed by atoms with van der Waals surface area (Å²) in [5.41, 5.74) is 4.70. The molecule has 8 heteroatoms. The highest BCUT2D eigenvalue weighted by atomic mass is 16.4. The summed E-state index contributed by atoms with van der Waals surface area (Å²) in [7, 11) is 0. The minimum Gasteiger partial charge on any atom is -0.480 e. The topological polar surface area (TPSA) is 126 Å². The van der Waals surface area contributed by atoms with E-state index in [2.05, 4.69) is 10.3 Å². The molecule has 1 atom stereocenters. The number of H-pyrrole nitrogens is 1. The van der Waals surface area contributed by atoms with Gasteiger partial charge in [-0.3, -0.25) is 4.79 Å². The van der Waals surface area contributed by atoms with Crippen LogP contribution in [-0.4, -0.2) is 28.0 Å². The van der Waals surface area contributed by atoms with Crippen LogP contribution in [0.3, 0.4) is 0 Å². The van der Waals surface area contributed by atoms with Crippen molar-refractivity contribution in [2.24, 2.45) is 0 Å². The van der Waals surface area contributed by atoms with Crippen LogP contribution in [-0.2, 0) is 22.4 Å². The predicted molar refractivity (Wildman–Crippen MR) is 136 cm³/mol. The number of carboxylic acid groups (broad SMARTS) is 1. The van der Waals surface area contributed by atoms with Crippen LogP contribution in [0.4, 0.5) is 0 Å². The molecule has 2 aromatic carbocycles. The number of aryl methyl sites for hydroxylation is 4. The largest absolute Gasteiger partial charge is 0.480 e. The molecule has 3 N–H and O–H groups in total. The van der Waals surface area contributed by atoms with E-state index in [9.17, 15) is 19.5 Å². The van der Waals surface area contributed by atoms with Gasteiger partial charge < -0.3 is 24.2 Å². The maximum atomic E-state index is 12.9. The molecule has 0 saturated carbocycles. The van der Waals surface area contributed by atoms with Crippen LogP contribution < -0.4 is 10.9 Å². The number of aliphatic carboxylic acids is 1. The Morgan fingerprint density at radius 2 is 1.67 bits per heavy atom. The number of hydrogen-bond donors (Lipinski definition) is 3. The van der Waals surface area contributed by atoms with Crippen molar-refractivity contribution in [2.75, 3.05) is 0 Å². The van der Waals surface area contributed by atoms with E-state index in [-0.39, 0.29) is 18.4 Å². The maximum absolute atomic E-state index is 12.9. The summed E-state index contributed by atoms with van der Waals surface area (Å²) in [6, 6.07) is 8.32. The van der Waals surface area contributed by atoms with E-state index in [0.717, 1.165) is 44.1 Å². The molecule has 1 amide bonds. The molecule has 5 rings (SSSR count). The summed E-state index contributed by atoms with van der Waals surface area (Å²) >= 11 is 0. The lowest BCUT2D eigenvalue weighted by atomic mass is 9.98. The van der Waals surface area contributed by atoms with Crippen molar-refractivity contribution in [3.05, 3.63) is 80.5 Å². The number of carbonyl (C=O) groups excluding carboxylic acids is 1. The second-order valence-corrected chi connectivity index (χ2v) is 9.23. The average Bonchev–Trinajstić information content (AvgIpc) is 3.38. The second-order valence-electron chi connectivity index (χ2n) is 9.23. The molecule has 0 bridgehead atoms. The molecule has 36 heavy (non-hydrogen) atoms. The van der Waals surface area contributed by atoms with Crippen molar-refractivity contribution < 1.29 is 23.5 Å². The molecule has 0 aliphatic heterocycles. The Balaban J connectivity index is 1.45. The SMILES string of the molecule is Cc1oc2c(C)c3oc(=O)c(CC(=O)N[C@H](Cc4c[nH]c5ccccc45)C(=O)O)c(C)c3cc2c1C. The van der Waals surface area contributed by atoms with Crippen LogP contribution in [0.15, 0.2) is 50.2 Å². The first-order valence-corrected chi connectivity index (χ1v) is 11.7. The van der Waals surface area contributed by atoms with Gasteiger partial charge in [0.15, 0.2) is 0 Å². The summed E-state index contributed by atoms with van der Waals surface area (Å²) < 4.78 is 11.5. The highest BCUT2D eigenvalue weighted by Gasteiger charge is 2.24. The smallest absolute Gasteiger partial charge is 0.340 e. The Morgan fingerprint density at radius 3 is 2.42 bits per heavy atom. The Bertz CT molecular complexity index is 1740. The van der Waals surface area contributed by atoms with Gasteiger partial charge in [-0.1, -0.05) is 18.2 Å². The Morgan fingerprint density at radius 1 is 0.972 bits per heavy atom. The van der Waals surface area contributed by atoms with Crippen LogP contribution in [0, 0.1) is 27.7 Å². The number of fused-ring (bicyclic) bond motifs is 3. The highest BCUT2D eigenvalue weighted by molar-refractivity contribution is 6.00. The van der Waals surface area contributed by atoms with Crippen molar-refractivity contribution in [3.63, 3.8) is 0 Å². The molecule has 0 radical (unpaired) electrons. The monoisotopic (exact) mass is 486 g/mol. The molecule has 0 spiro atoms. The standard InChI is InChI=1S/C28H26N2O6/c1-13-16(4)35-25-15(3)26-20(10-19(13)25)14(2)21(28(34)36-26)11-24(31)30-23(27(32)33)9-17-12-29-22-8-6-5-7-18(17)22/h5-8,10,12,23,29H,9,11H2,1-4H3,(H,30,31)(H,32,33)/t23-/m1/s1. The van der Waals surface area contributed by atoms with Gasteiger partial charge in [0.05, 0.1) is 12.0 Å². The van der Waals surface area contributed by atoms with Crippen LogP contribution in [0.1, 0.15) is 33.6 Å². The molecular weight excluding hydrogens is 460 g/mol. The van der Waals surface area contributed by atoms with Gasteiger partial charge in [-0.15, -0.1) is 0 Å². The first-order chi connectivity index (χ1) is 17.2. The molecule has 184 valence electrons. The third-order valence-electron chi connectivity index (χ3n) is 7.01. The molecule has 0 aliphatic carbocycles. The van der Waals surface area contributed by atoms with Crippen LogP contribution in [0.25, 0.3) is 32.8 Å². The summed E-state index contributed by atoms with van der Waals surface area (Å²) in [6.45, 7) is 7.46. The lowest BCUT2D eigenvalue weighted by molar-refractivity contribution is -0.141. The van der Waals surface area contributed by atoms with E-state index in [1.54, 1.807) is 13.1 Å². The van der Waals surface area contributed by atoms with E-state index in [0.29, 0.717) is 16.7 Å². The fraction of sp³-hybridized carbons (Fsp3) is 0.250. The quantitative estimate of drug-likeness (QED) is 0.301. The molecule has 0 aliphatic rings. The normalized spacial score (nSPS) is 12.4. The van der Waals surface area contributed by atoms with Crippen LogP contribution in [0.2, 0.25) is 0 Å². The summed E-state index contributed by atoms with van der Waals surface area (Å²) in [5.74, 6) is -0.928. The number of para-hydroxylation sites is 1. The third kappa shape index (κ3) is 3.84. The first-order valence-electron chi connectivity index (χ1n) is 11.7. The molecule has 0 saturated heterocycles. The summed E-state index contributed by atoms with van der Waals surface area (Å²) in [5, 5.41) is 14.9. The lowest BCUT2D eigenvalue weighted by Gasteiger charge is -2.15. The molecule has 3 heterocycles. The zero-order valence-corrected chi connectivity index (χ0v) is 20.4. The van der Waals surface area contributed by atoms with Crippen LogP contribution >= 0.6 is 0 Å². The zero-order valence-electron chi connectivity index (χ0n) is 20.4.